The Kier molecular flexibility index (Phi) is 4.31. The zero-order chi connectivity index (χ0) is 21.0. The molecular weight excluding hydrogens is 377 g/mol. The standard InChI is InChI=1S/C23H26BN3O3/c1-13-16-12-15(30-2)4-6-18(16)25-20(13)21(28)27-9-7-23(8-10-27)17-11-14(24)3-5-19(17)26-22(23)29/h3-6,11-13,20,25H,7-10,24H2,1-2H3,(H,26,29). The molecule has 2 aromatic rings. The van der Waals surface area contributed by atoms with Crippen molar-refractivity contribution in [3.8, 4) is 5.75 Å². The molecule has 30 heavy (non-hydrogen) atoms. The van der Waals surface area contributed by atoms with Crippen LogP contribution < -0.4 is 20.8 Å². The number of hydrogen-bond donors (Lipinski definition) is 2. The predicted octanol–water partition coefficient (Wildman–Crippen LogP) is 1.36. The summed E-state index contributed by atoms with van der Waals surface area (Å²) in [6.07, 6.45) is 1.31. The van der Waals surface area contributed by atoms with Crippen LogP contribution in [-0.4, -0.2) is 50.8 Å². The first kappa shape index (κ1) is 19.0. The lowest BCUT2D eigenvalue weighted by Gasteiger charge is -2.39. The molecule has 7 heteroatoms. The molecule has 2 atom stereocenters. The van der Waals surface area contributed by atoms with Crippen LogP contribution in [0.3, 0.4) is 0 Å². The summed E-state index contributed by atoms with van der Waals surface area (Å²) < 4.78 is 5.34. The number of piperidine rings is 1. The Morgan fingerprint density at radius 3 is 2.63 bits per heavy atom. The number of anilines is 2. The summed E-state index contributed by atoms with van der Waals surface area (Å²) >= 11 is 0. The Labute approximate surface area is 177 Å². The molecule has 3 heterocycles. The third-order valence-corrected chi connectivity index (χ3v) is 7.13. The fraction of sp³-hybridized carbons (Fsp3) is 0.391. The Balaban J connectivity index is 1.33. The number of fused-ring (bicyclic) bond motifs is 3. The number of amides is 2. The Morgan fingerprint density at radius 1 is 1.17 bits per heavy atom. The van der Waals surface area contributed by atoms with Crippen LogP contribution in [0.1, 0.15) is 36.8 Å². The second kappa shape index (κ2) is 6.79. The molecule has 5 rings (SSSR count). The molecular formula is C23H26BN3O3. The quantitative estimate of drug-likeness (QED) is 0.744. The molecule has 6 nitrogen and oxygen atoms in total. The van der Waals surface area contributed by atoms with Crippen LogP contribution in [0.15, 0.2) is 36.4 Å². The van der Waals surface area contributed by atoms with Gasteiger partial charge in [0.25, 0.3) is 0 Å². The smallest absolute Gasteiger partial charge is 0.245 e. The largest absolute Gasteiger partial charge is 0.497 e. The van der Waals surface area contributed by atoms with E-state index in [0.717, 1.165) is 33.7 Å². The van der Waals surface area contributed by atoms with E-state index in [1.54, 1.807) is 7.11 Å². The van der Waals surface area contributed by atoms with E-state index in [9.17, 15) is 9.59 Å². The Morgan fingerprint density at radius 2 is 1.90 bits per heavy atom. The highest BCUT2D eigenvalue weighted by molar-refractivity contribution is 6.32. The van der Waals surface area contributed by atoms with E-state index in [1.165, 1.54) is 0 Å². The van der Waals surface area contributed by atoms with Gasteiger partial charge >= 0.3 is 0 Å². The van der Waals surface area contributed by atoms with Gasteiger partial charge in [0.15, 0.2) is 0 Å². The van der Waals surface area contributed by atoms with Crippen molar-refractivity contribution in [2.75, 3.05) is 30.8 Å². The zero-order valence-corrected chi connectivity index (χ0v) is 17.6. The maximum atomic E-state index is 13.3. The number of nitrogens with one attached hydrogen (secondary N) is 2. The lowest BCUT2D eigenvalue weighted by atomic mass is 9.72. The molecule has 1 saturated heterocycles. The molecule has 2 unspecified atom stereocenters. The summed E-state index contributed by atoms with van der Waals surface area (Å²) in [7, 11) is 3.70. The highest BCUT2D eigenvalue weighted by atomic mass is 16.5. The minimum absolute atomic E-state index is 0.0663. The van der Waals surface area contributed by atoms with Gasteiger partial charge < -0.3 is 20.3 Å². The molecule has 0 bridgehead atoms. The van der Waals surface area contributed by atoms with E-state index in [1.807, 2.05) is 35.2 Å². The molecule has 0 radical (unpaired) electrons. The number of rotatable bonds is 2. The molecule has 1 fully saturated rings. The van der Waals surface area contributed by atoms with Gasteiger partial charge in [-0.25, -0.2) is 0 Å². The summed E-state index contributed by atoms with van der Waals surface area (Å²) in [5.41, 5.74) is 4.76. The number of likely N-dealkylation sites (tertiary alicyclic amines) is 1. The van der Waals surface area contributed by atoms with Gasteiger partial charge in [0.05, 0.1) is 12.5 Å². The van der Waals surface area contributed by atoms with E-state index in [4.69, 9.17) is 4.74 Å². The summed E-state index contributed by atoms with van der Waals surface area (Å²) in [6, 6.07) is 11.7. The van der Waals surface area contributed by atoms with E-state index >= 15 is 0 Å². The lowest BCUT2D eigenvalue weighted by molar-refractivity contribution is -0.136. The molecule has 0 aliphatic carbocycles. The first-order chi connectivity index (χ1) is 14.4. The van der Waals surface area contributed by atoms with Gasteiger partial charge in [-0.15, -0.1) is 0 Å². The lowest BCUT2D eigenvalue weighted by Crippen LogP contribution is -2.52. The molecule has 154 valence electrons. The number of carbonyl (C=O) groups is 2. The molecule has 3 aliphatic heterocycles. The molecule has 0 saturated carbocycles. The first-order valence-corrected chi connectivity index (χ1v) is 10.6. The second-order valence-corrected chi connectivity index (χ2v) is 8.77. The van der Waals surface area contributed by atoms with Crippen LogP contribution >= 0.6 is 0 Å². The van der Waals surface area contributed by atoms with Crippen molar-refractivity contribution in [1.29, 1.82) is 0 Å². The summed E-state index contributed by atoms with van der Waals surface area (Å²) in [5, 5.41) is 6.45. The van der Waals surface area contributed by atoms with E-state index in [2.05, 4.69) is 31.5 Å². The van der Waals surface area contributed by atoms with Crippen LogP contribution in [0.2, 0.25) is 0 Å². The SMILES string of the molecule is Bc1ccc2c(c1)C1(CCN(C(=O)C3Nc4ccc(OC)cc4C3C)CC1)C(=O)N2. The first-order valence-electron chi connectivity index (χ1n) is 10.6. The van der Waals surface area contributed by atoms with Crippen molar-refractivity contribution in [1.82, 2.24) is 4.90 Å². The number of benzene rings is 2. The third kappa shape index (κ3) is 2.71. The van der Waals surface area contributed by atoms with Gasteiger partial charge in [0.2, 0.25) is 11.8 Å². The van der Waals surface area contributed by atoms with Crippen molar-refractivity contribution in [3.63, 3.8) is 0 Å². The van der Waals surface area contributed by atoms with Crippen molar-refractivity contribution in [2.24, 2.45) is 0 Å². The molecule has 0 aromatic heterocycles. The van der Waals surface area contributed by atoms with Gasteiger partial charge in [0, 0.05) is 30.4 Å². The van der Waals surface area contributed by atoms with E-state index in [0.29, 0.717) is 25.9 Å². The molecule has 2 amide bonds. The minimum atomic E-state index is -0.511. The van der Waals surface area contributed by atoms with Crippen molar-refractivity contribution in [2.45, 2.75) is 37.1 Å². The number of methoxy groups -OCH3 is 1. The average molecular weight is 403 g/mol. The maximum absolute atomic E-state index is 13.3. The summed E-state index contributed by atoms with van der Waals surface area (Å²) in [5.74, 6) is 1.05. The summed E-state index contributed by atoms with van der Waals surface area (Å²) in [4.78, 5) is 28.1. The van der Waals surface area contributed by atoms with Crippen molar-refractivity contribution < 1.29 is 14.3 Å². The van der Waals surface area contributed by atoms with Crippen LogP contribution in [-0.2, 0) is 15.0 Å². The third-order valence-electron chi connectivity index (χ3n) is 7.13. The number of ether oxygens (including phenoxy) is 1. The van der Waals surface area contributed by atoms with Crippen molar-refractivity contribution in [3.05, 3.63) is 47.5 Å². The fourth-order valence-electron chi connectivity index (χ4n) is 5.25. The second-order valence-electron chi connectivity index (χ2n) is 8.77. The van der Waals surface area contributed by atoms with Crippen LogP contribution in [0.25, 0.3) is 0 Å². The highest BCUT2D eigenvalue weighted by Crippen LogP contribution is 2.45. The van der Waals surface area contributed by atoms with E-state index < -0.39 is 5.41 Å². The predicted molar refractivity (Wildman–Crippen MR) is 120 cm³/mol. The van der Waals surface area contributed by atoms with Crippen LogP contribution in [0, 0.1) is 0 Å². The van der Waals surface area contributed by atoms with Gasteiger partial charge in [0.1, 0.15) is 19.6 Å². The topological polar surface area (TPSA) is 70.7 Å². The van der Waals surface area contributed by atoms with E-state index in [-0.39, 0.29) is 23.8 Å². The number of hydrogen-bond acceptors (Lipinski definition) is 4. The molecule has 1 spiro atoms. The summed E-state index contributed by atoms with van der Waals surface area (Å²) in [6.45, 7) is 3.25. The van der Waals surface area contributed by atoms with Crippen molar-refractivity contribution >= 4 is 36.5 Å². The highest BCUT2D eigenvalue weighted by Gasteiger charge is 2.49. The molecule has 3 aliphatic rings. The number of carbonyl (C=O) groups excluding carboxylic acids is 2. The Hall–Kier alpha value is -2.96. The van der Waals surface area contributed by atoms with Gasteiger partial charge in [-0.1, -0.05) is 24.5 Å². The minimum Gasteiger partial charge on any atom is -0.497 e. The van der Waals surface area contributed by atoms with Gasteiger partial charge in [-0.3, -0.25) is 9.59 Å². The number of nitrogens with zero attached hydrogens (tertiary/aromatic N) is 1. The Bertz CT molecular complexity index is 1050. The van der Waals surface area contributed by atoms with Crippen LogP contribution in [0.4, 0.5) is 11.4 Å². The fourth-order valence-corrected chi connectivity index (χ4v) is 5.25. The van der Waals surface area contributed by atoms with Crippen LogP contribution in [0.5, 0.6) is 5.75 Å². The molecule has 2 aromatic carbocycles. The normalized spacial score (nSPS) is 23.5. The average Bonchev–Trinajstić information content (AvgIpc) is 3.22. The zero-order valence-electron chi connectivity index (χ0n) is 17.6. The van der Waals surface area contributed by atoms with Gasteiger partial charge in [-0.05, 0) is 48.2 Å². The maximum Gasteiger partial charge on any atom is 0.245 e. The van der Waals surface area contributed by atoms with Gasteiger partial charge in [-0.2, -0.15) is 0 Å². The monoisotopic (exact) mass is 403 g/mol. The molecule has 2 N–H and O–H groups in total.